The van der Waals surface area contributed by atoms with Gasteiger partial charge in [0.1, 0.15) is 0 Å². The van der Waals surface area contributed by atoms with Crippen molar-refractivity contribution in [2.45, 2.75) is 39.0 Å². The second-order valence-corrected chi connectivity index (χ2v) is 4.74. The average molecular weight is 242 g/mol. The molecule has 0 aliphatic heterocycles. The lowest BCUT2D eigenvalue weighted by Gasteiger charge is -2.33. The number of ketones is 1. The first kappa shape index (κ1) is 16.3. The SMILES string of the molecule is C#C.C#C.C=C(C)[C@@H]1CCC2=CC(=O)CCC2C1. The third kappa shape index (κ3) is 4.27. The Bertz CT molecular complexity index is 362. The molecule has 1 nitrogen and oxygen atoms in total. The van der Waals surface area contributed by atoms with E-state index in [1.54, 1.807) is 0 Å². The highest BCUT2D eigenvalue weighted by atomic mass is 16.1. The molecule has 18 heavy (non-hydrogen) atoms. The van der Waals surface area contributed by atoms with E-state index in [4.69, 9.17) is 0 Å². The van der Waals surface area contributed by atoms with Crippen LogP contribution in [0.4, 0.5) is 0 Å². The Hall–Kier alpha value is -1.73. The van der Waals surface area contributed by atoms with Gasteiger partial charge in [-0.1, -0.05) is 17.7 Å². The normalized spacial score (nSPS) is 25.2. The molecule has 0 saturated heterocycles. The number of carbonyl (C=O) groups is 1. The maximum Gasteiger partial charge on any atom is 0.155 e. The van der Waals surface area contributed by atoms with Crippen LogP contribution in [0, 0.1) is 37.5 Å². The zero-order chi connectivity index (χ0) is 14.1. The van der Waals surface area contributed by atoms with Gasteiger partial charge in [-0.3, -0.25) is 4.79 Å². The number of rotatable bonds is 1. The first-order valence-corrected chi connectivity index (χ1v) is 6.22. The van der Waals surface area contributed by atoms with Crippen molar-refractivity contribution < 1.29 is 4.79 Å². The van der Waals surface area contributed by atoms with Crippen molar-refractivity contribution in [3.63, 3.8) is 0 Å². The molecule has 2 aliphatic rings. The number of allylic oxidation sites excluding steroid dienone is 3. The van der Waals surface area contributed by atoms with Crippen LogP contribution >= 0.6 is 0 Å². The summed E-state index contributed by atoms with van der Waals surface area (Å²) in [6.45, 7) is 6.18. The fourth-order valence-corrected chi connectivity index (χ4v) is 2.69. The van der Waals surface area contributed by atoms with Crippen LogP contribution < -0.4 is 0 Å². The fraction of sp³-hybridized carbons (Fsp3) is 0.471. The van der Waals surface area contributed by atoms with Crippen LogP contribution in [0.3, 0.4) is 0 Å². The Morgan fingerprint density at radius 1 is 1.22 bits per heavy atom. The van der Waals surface area contributed by atoms with Gasteiger partial charge in [-0.05, 0) is 50.5 Å². The standard InChI is InChI=1S/C13H18O.2C2H2/c1-9(2)10-3-4-12-8-13(14)6-5-11(12)7-10;2*1-2/h8,10-11H,1,3-7H2,2H3;2*1-2H/t10-,11?;;/m1../s1. The molecule has 1 heteroatoms. The highest BCUT2D eigenvalue weighted by Gasteiger charge is 2.29. The molecule has 0 aromatic heterocycles. The summed E-state index contributed by atoms with van der Waals surface area (Å²) >= 11 is 0. The van der Waals surface area contributed by atoms with Gasteiger partial charge in [-0.2, -0.15) is 0 Å². The summed E-state index contributed by atoms with van der Waals surface area (Å²) in [7, 11) is 0. The molecule has 96 valence electrons. The average Bonchev–Trinajstić information content (AvgIpc) is 2.42. The van der Waals surface area contributed by atoms with E-state index in [0.717, 1.165) is 19.3 Å². The monoisotopic (exact) mass is 242 g/mol. The molecule has 0 bridgehead atoms. The van der Waals surface area contributed by atoms with E-state index in [2.05, 4.69) is 39.2 Å². The Kier molecular flexibility index (Phi) is 7.57. The van der Waals surface area contributed by atoms with Gasteiger partial charge in [0.05, 0.1) is 0 Å². The van der Waals surface area contributed by atoms with Crippen molar-refractivity contribution in [2.24, 2.45) is 11.8 Å². The minimum Gasteiger partial charge on any atom is -0.295 e. The van der Waals surface area contributed by atoms with Gasteiger partial charge in [0.2, 0.25) is 0 Å². The second kappa shape index (κ2) is 8.37. The maximum absolute atomic E-state index is 11.2. The predicted octanol–water partition coefficient (Wildman–Crippen LogP) is 3.77. The van der Waals surface area contributed by atoms with Crippen molar-refractivity contribution in [2.75, 3.05) is 0 Å². The lowest BCUT2D eigenvalue weighted by Crippen LogP contribution is -2.23. The van der Waals surface area contributed by atoms with Gasteiger partial charge in [0, 0.05) is 6.42 Å². The van der Waals surface area contributed by atoms with Gasteiger partial charge in [0.15, 0.2) is 5.78 Å². The molecule has 0 radical (unpaired) electrons. The predicted molar refractivity (Wildman–Crippen MR) is 77.7 cm³/mol. The number of hydrogen-bond acceptors (Lipinski definition) is 1. The molecule has 2 aliphatic carbocycles. The van der Waals surface area contributed by atoms with E-state index in [0.29, 0.717) is 17.6 Å². The summed E-state index contributed by atoms with van der Waals surface area (Å²) in [5.41, 5.74) is 2.74. The molecule has 0 heterocycles. The summed E-state index contributed by atoms with van der Waals surface area (Å²) in [4.78, 5) is 11.2. The molecule has 1 saturated carbocycles. The van der Waals surface area contributed by atoms with Gasteiger partial charge in [-0.15, -0.1) is 25.7 Å². The Morgan fingerprint density at radius 3 is 2.39 bits per heavy atom. The zero-order valence-corrected chi connectivity index (χ0v) is 11.2. The Morgan fingerprint density at radius 2 is 1.83 bits per heavy atom. The van der Waals surface area contributed by atoms with Crippen LogP contribution in [-0.4, -0.2) is 5.78 Å². The molecule has 0 spiro atoms. The lowest BCUT2D eigenvalue weighted by molar-refractivity contribution is -0.115. The molecule has 2 atom stereocenters. The van der Waals surface area contributed by atoms with Gasteiger partial charge < -0.3 is 0 Å². The van der Waals surface area contributed by atoms with Crippen molar-refractivity contribution in [3.8, 4) is 25.7 Å². The molecule has 2 rings (SSSR count). The minimum absolute atomic E-state index is 0.338. The Balaban J connectivity index is 0.000000659. The zero-order valence-electron chi connectivity index (χ0n) is 11.2. The van der Waals surface area contributed by atoms with Crippen LogP contribution in [0.5, 0.6) is 0 Å². The molecule has 0 aromatic rings. The quantitative estimate of drug-likeness (QED) is 0.505. The second-order valence-electron chi connectivity index (χ2n) is 4.74. The van der Waals surface area contributed by atoms with Crippen molar-refractivity contribution in [1.82, 2.24) is 0 Å². The highest BCUT2D eigenvalue weighted by Crippen LogP contribution is 2.40. The summed E-state index contributed by atoms with van der Waals surface area (Å²) in [5, 5.41) is 0. The van der Waals surface area contributed by atoms with Crippen LogP contribution in [0.2, 0.25) is 0 Å². The van der Waals surface area contributed by atoms with Crippen LogP contribution in [-0.2, 0) is 4.79 Å². The van der Waals surface area contributed by atoms with Gasteiger partial charge in [0.25, 0.3) is 0 Å². The number of hydrogen-bond donors (Lipinski definition) is 0. The molecule has 0 amide bonds. The summed E-state index contributed by atoms with van der Waals surface area (Å²) in [6, 6.07) is 0. The molecular formula is C17H22O. The first-order valence-electron chi connectivity index (χ1n) is 6.22. The van der Waals surface area contributed by atoms with Crippen molar-refractivity contribution in [1.29, 1.82) is 0 Å². The highest BCUT2D eigenvalue weighted by molar-refractivity contribution is 5.91. The van der Waals surface area contributed by atoms with E-state index in [1.165, 1.54) is 24.0 Å². The smallest absolute Gasteiger partial charge is 0.155 e. The molecule has 0 aromatic carbocycles. The maximum atomic E-state index is 11.2. The molecule has 0 N–H and O–H groups in total. The van der Waals surface area contributed by atoms with E-state index in [9.17, 15) is 4.79 Å². The van der Waals surface area contributed by atoms with E-state index < -0.39 is 0 Å². The number of terminal acetylenes is 2. The van der Waals surface area contributed by atoms with E-state index >= 15 is 0 Å². The Labute approximate surface area is 111 Å². The van der Waals surface area contributed by atoms with Crippen molar-refractivity contribution in [3.05, 3.63) is 23.8 Å². The van der Waals surface area contributed by atoms with Crippen LogP contribution in [0.25, 0.3) is 0 Å². The summed E-state index contributed by atoms with van der Waals surface area (Å²) < 4.78 is 0. The number of carbonyl (C=O) groups excluding carboxylic acids is 1. The molecular weight excluding hydrogens is 220 g/mol. The minimum atomic E-state index is 0.338. The fourth-order valence-electron chi connectivity index (χ4n) is 2.69. The number of fused-ring (bicyclic) bond motifs is 1. The summed E-state index contributed by atoms with van der Waals surface area (Å²) in [6.07, 6.45) is 23.3. The van der Waals surface area contributed by atoms with Crippen molar-refractivity contribution >= 4 is 5.78 Å². The molecule has 1 fully saturated rings. The largest absolute Gasteiger partial charge is 0.295 e. The van der Waals surface area contributed by atoms with Gasteiger partial charge in [-0.25, -0.2) is 0 Å². The van der Waals surface area contributed by atoms with Gasteiger partial charge >= 0.3 is 0 Å². The van der Waals surface area contributed by atoms with E-state index in [-0.39, 0.29) is 0 Å². The third-order valence-electron chi connectivity index (χ3n) is 3.66. The van der Waals surface area contributed by atoms with Crippen LogP contribution in [0.15, 0.2) is 23.8 Å². The summed E-state index contributed by atoms with van der Waals surface area (Å²) in [5.74, 6) is 1.72. The lowest BCUT2D eigenvalue weighted by atomic mass is 9.71. The first-order chi connectivity index (χ1) is 8.66. The van der Waals surface area contributed by atoms with E-state index in [1.807, 2.05) is 6.08 Å². The van der Waals surface area contributed by atoms with Crippen LogP contribution in [0.1, 0.15) is 39.0 Å². The third-order valence-corrected chi connectivity index (χ3v) is 3.66. The topological polar surface area (TPSA) is 17.1 Å². The molecule has 1 unspecified atom stereocenters.